The summed E-state index contributed by atoms with van der Waals surface area (Å²) in [6.45, 7) is 11.2. The fourth-order valence-corrected chi connectivity index (χ4v) is 6.03. The van der Waals surface area contributed by atoms with Gasteiger partial charge >= 0.3 is 0 Å². The smallest absolute Gasteiger partial charge is 0.223 e. The molecule has 30 heavy (non-hydrogen) atoms. The van der Waals surface area contributed by atoms with Gasteiger partial charge in [-0.25, -0.2) is 0 Å². The predicted molar refractivity (Wildman–Crippen MR) is 124 cm³/mol. The molecule has 0 amide bonds. The summed E-state index contributed by atoms with van der Waals surface area (Å²) in [5, 5.41) is 0.590. The molecule has 3 aromatic rings. The molecule has 0 heterocycles. The van der Waals surface area contributed by atoms with Crippen molar-refractivity contribution in [2.75, 3.05) is 0 Å². The molecule has 1 unspecified atom stereocenters. The van der Waals surface area contributed by atoms with Crippen LogP contribution in [-0.4, -0.2) is 11.3 Å². The Labute approximate surface area is 178 Å². The number of ketones is 1. The lowest BCUT2D eigenvalue weighted by atomic mass is 9.89. The third-order valence-electron chi connectivity index (χ3n) is 6.03. The van der Waals surface area contributed by atoms with E-state index in [1.807, 2.05) is 77.9 Å². The van der Waals surface area contributed by atoms with Gasteiger partial charge in [0.1, 0.15) is 0 Å². The lowest BCUT2D eigenvalue weighted by Crippen LogP contribution is -2.20. The first-order chi connectivity index (χ1) is 14.2. The molecule has 0 bridgehead atoms. The normalized spacial score (nSPS) is 11.9. The Morgan fingerprint density at radius 1 is 0.633 bits per heavy atom. The second-order valence-corrected chi connectivity index (χ2v) is 9.48. The highest BCUT2D eigenvalue weighted by molar-refractivity contribution is 7.71. The highest BCUT2D eigenvalue weighted by Gasteiger charge is 2.27. The molecule has 3 rings (SSSR count). The maximum atomic E-state index is 13.5. The summed E-state index contributed by atoms with van der Waals surface area (Å²) in [6.07, 6.45) is 0. The van der Waals surface area contributed by atoms with E-state index >= 15 is 0 Å². The molecule has 0 saturated carbocycles. The second-order valence-electron chi connectivity index (χ2n) is 7.87. The van der Waals surface area contributed by atoms with Crippen molar-refractivity contribution < 1.29 is 14.2 Å². The van der Waals surface area contributed by atoms with E-state index in [9.17, 15) is 14.2 Å². The number of hydrogen-bond acceptors (Lipinski definition) is 3. The van der Waals surface area contributed by atoms with E-state index in [1.54, 1.807) is 12.1 Å². The fourth-order valence-electron chi connectivity index (χ4n) is 4.13. The van der Waals surface area contributed by atoms with E-state index < -0.39 is 7.80 Å². The minimum absolute atomic E-state index is 0.0518. The van der Waals surface area contributed by atoms with Gasteiger partial charge in [0.2, 0.25) is 5.52 Å². The fraction of sp³-hybridized carbons (Fsp3) is 0.231. The maximum absolute atomic E-state index is 13.5. The van der Waals surface area contributed by atoms with E-state index in [2.05, 4.69) is 0 Å². The van der Waals surface area contributed by atoms with Crippen LogP contribution in [0.5, 0.6) is 0 Å². The number of aryl methyl sites for hydroxylation is 2. The Balaban J connectivity index is 2.15. The van der Waals surface area contributed by atoms with Crippen molar-refractivity contribution in [1.29, 1.82) is 0 Å². The van der Waals surface area contributed by atoms with Gasteiger partial charge in [0, 0.05) is 22.0 Å². The molecule has 154 valence electrons. The van der Waals surface area contributed by atoms with E-state index in [-0.39, 0.29) is 11.3 Å². The van der Waals surface area contributed by atoms with Gasteiger partial charge in [-0.15, -0.1) is 0 Å². The van der Waals surface area contributed by atoms with Crippen molar-refractivity contribution in [1.82, 2.24) is 0 Å². The molecule has 3 aromatic carbocycles. The van der Waals surface area contributed by atoms with Crippen LogP contribution in [-0.2, 0) is 4.57 Å². The number of benzene rings is 3. The Hall–Kier alpha value is -2.77. The van der Waals surface area contributed by atoms with E-state index in [0.29, 0.717) is 22.0 Å². The average Bonchev–Trinajstić information content (AvgIpc) is 2.72. The minimum Gasteiger partial charge on any atom is -0.313 e. The van der Waals surface area contributed by atoms with Gasteiger partial charge in [-0.1, -0.05) is 48.5 Å². The molecule has 0 spiro atoms. The summed E-state index contributed by atoms with van der Waals surface area (Å²) in [7, 11) is -2.75. The summed E-state index contributed by atoms with van der Waals surface area (Å²) in [6, 6.07) is 14.8. The van der Waals surface area contributed by atoms with Crippen molar-refractivity contribution in [2.45, 2.75) is 41.5 Å². The zero-order valence-corrected chi connectivity index (χ0v) is 19.3. The molecule has 0 N–H and O–H groups in total. The van der Waals surface area contributed by atoms with Gasteiger partial charge in [-0.3, -0.25) is 9.59 Å². The molecule has 3 nitrogen and oxygen atoms in total. The highest BCUT2D eigenvalue weighted by Crippen LogP contribution is 2.35. The van der Waals surface area contributed by atoms with Crippen LogP contribution in [0.3, 0.4) is 0 Å². The summed E-state index contributed by atoms with van der Waals surface area (Å²) in [5.41, 5.74) is 6.24. The second kappa shape index (κ2) is 8.53. The number of rotatable bonds is 5. The molecule has 1 atom stereocenters. The number of carbonyl (C=O) groups excluding carboxylic acids is 2. The lowest BCUT2D eigenvalue weighted by molar-refractivity contribution is 0.103. The highest BCUT2D eigenvalue weighted by atomic mass is 31.1. The quantitative estimate of drug-likeness (QED) is 0.389. The van der Waals surface area contributed by atoms with Crippen LogP contribution in [0.1, 0.15) is 59.7 Å². The van der Waals surface area contributed by atoms with Crippen molar-refractivity contribution in [3.63, 3.8) is 0 Å². The van der Waals surface area contributed by atoms with Crippen LogP contribution in [0.25, 0.3) is 0 Å². The first-order valence-electron chi connectivity index (χ1n) is 10.0. The molecule has 0 radical (unpaired) electrons. The van der Waals surface area contributed by atoms with Crippen LogP contribution >= 0.6 is 7.80 Å². The minimum atomic E-state index is -2.75. The summed E-state index contributed by atoms with van der Waals surface area (Å²) in [4.78, 5) is 26.4. The van der Waals surface area contributed by atoms with Crippen molar-refractivity contribution in [3.8, 4) is 0 Å². The Morgan fingerprint density at radius 3 is 1.63 bits per heavy atom. The molecule has 0 fully saturated rings. The third-order valence-corrected chi connectivity index (χ3v) is 7.90. The molecule has 0 aliphatic rings. The van der Waals surface area contributed by atoms with E-state index in [1.165, 1.54) is 0 Å². The van der Waals surface area contributed by atoms with Crippen molar-refractivity contribution in [3.05, 3.63) is 98.6 Å². The Bertz CT molecular complexity index is 1140. The molecule has 4 heteroatoms. The molecular formula is C26H27O3P. The summed E-state index contributed by atoms with van der Waals surface area (Å²) in [5.74, 6) is -0.0518. The van der Waals surface area contributed by atoms with Gasteiger partial charge in [0.15, 0.2) is 13.6 Å². The molecular weight excluding hydrogens is 391 g/mol. The topological polar surface area (TPSA) is 51.2 Å². The van der Waals surface area contributed by atoms with Crippen LogP contribution < -0.4 is 5.30 Å². The average molecular weight is 418 g/mol. The van der Waals surface area contributed by atoms with Crippen LogP contribution in [0.15, 0.2) is 48.5 Å². The number of carbonyl (C=O) groups is 2. The Kier molecular flexibility index (Phi) is 6.24. The van der Waals surface area contributed by atoms with Crippen LogP contribution in [0.2, 0.25) is 0 Å². The van der Waals surface area contributed by atoms with Gasteiger partial charge in [-0.2, -0.15) is 0 Å². The zero-order valence-electron chi connectivity index (χ0n) is 18.3. The monoisotopic (exact) mass is 418 g/mol. The van der Waals surface area contributed by atoms with Crippen LogP contribution in [0, 0.1) is 41.5 Å². The summed E-state index contributed by atoms with van der Waals surface area (Å²) < 4.78 is 13.5. The molecule has 0 aromatic heterocycles. The lowest BCUT2D eigenvalue weighted by Gasteiger charge is -2.20. The van der Waals surface area contributed by atoms with E-state index in [4.69, 9.17) is 0 Å². The standard InChI is InChI=1S/C26H27O3P/c1-15-11-10-12-16(2)22(15)26(28)30(29)25-19(5)17(3)23(18(4)20(25)6)24(27)21-13-8-7-9-14-21/h7-14,30H,1-6H3. The van der Waals surface area contributed by atoms with Gasteiger partial charge in [-0.05, 0) is 74.9 Å². The van der Waals surface area contributed by atoms with Gasteiger partial charge in [0.25, 0.3) is 0 Å². The van der Waals surface area contributed by atoms with E-state index in [0.717, 1.165) is 33.4 Å². The maximum Gasteiger partial charge on any atom is 0.223 e. The van der Waals surface area contributed by atoms with Gasteiger partial charge in [0.05, 0.1) is 0 Å². The molecule has 0 saturated heterocycles. The first kappa shape index (κ1) is 21.9. The SMILES string of the molecule is Cc1cccc(C)c1C(=O)[PH](=O)c1c(C)c(C)c(C(=O)c2ccccc2)c(C)c1C. The zero-order chi connectivity index (χ0) is 22.2. The largest absolute Gasteiger partial charge is 0.313 e. The number of hydrogen-bond donors (Lipinski definition) is 0. The predicted octanol–water partition coefficient (Wildman–Crippen LogP) is 5.79. The Morgan fingerprint density at radius 2 is 1.13 bits per heavy atom. The third kappa shape index (κ3) is 3.70. The first-order valence-corrected chi connectivity index (χ1v) is 11.4. The van der Waals surface area contributed by atoms with Gasteiger partial charge < -0.3 is 4.57 Å². The van der Waals surface area contributed by atoms with Crippen LogP contribution in [0.4, 0.5) is 0 Å². The van der Waals surface area contributed by atoms with Crippen molar-refractivity contribution >= 4 is 24.4 Å². The molecule has 0 aliphatic heterocycles. The molecule has 0 aliphatic carbocycles. The van der Waals surface area contributed by atoms with Crippen molar-refractivity contribution in [2.24, 2.45) is 0 Å². The summed E-state index contributed by atoms with van der Waals surface area (Å²) >= 11 is 0.